The van der Waals surface area contributed by atoms with E-state index in [1.165, 1.54) is 0 Å². The zero-order chi connectivity index (χ0) is 24.2. The number of benzene rings is 1. The van der Waals surface area contributed by atoms with Crippen LogP contribution in [0.1, 0.15) is 37.1 Å². The Balaban J connectivity index is 0.00000432. The van der Waals surface area contributed by atoms with Crippen LogP contribution in [0.15, 0.2) is 49.1 Å². The summed E-state index contributed by atoms with van der Waals surface area (Å²) in [6.07, 6.45) is 7.41. The number of carbonyl (C=O) groups excluding carboxylic acids is 2. The Morgan fingerprint density at radius 1 is 1.11 bits per heavy atom. The Morgan fingerprint density at radius 2 is 1.91 bits per heavy atom. The Morgan fingerprint density at radius 3 is 2.63 bits per heavy atom. The molecule has 2 heterocycles. The molecule has 3 aromatic rings. The number of nitrogens with one attached hydrogen (secondary N) is 1. The summed E-state index contributed by atoms with van der Waals surface area (Å²) in [7, 11) is 0. The fraction of sp³-hybridized carbons (Fsp3) is 0.409. The topological polar surface area (TPSA) is 154 Å². The molecule has 13 heteroatoms. The van der Waals surface area contributed by atoms with E-state index < -0.39 is 30.3 Å². The fourth-order valence-corrected chi connectivity index (χ4v) is 3.19. The molecule has 0 spiro atoms. The first-order valence-electron chi connectivity index (χ1n) is 10.9. The molecule has 3 rings (SSSR count). The summed E-state index contributed by atoms with van der Waals surface area (Å²) >= 11 is 0. The van der Waals surface area contributed by atoms with Crippen molar-refractivity contribution >= 4 is 30.3 Å². The van der Waals surface area contributed by atoms with Gasteiger partial charge >= 0.3 is 12.1 Å². The van der Waals surface area contributed by atoms with Crippen molar-refractivity contribution < 1.29 is 24.2 Å². The van der Waals surface area contributed by atoms with E-state index in [4.69, 9.17) is 9.84 Å². The Hall–Kier alpha value is -3.80. The standard InChI is InChI=1S/C22H27N7O5.ClH/c30-19(18(13-21(31)32)24-22(33)34-15-17-7-3-1-4-8-17)14-29-26-20(25-27-29)9-5-2-6-11-28-12-10-23-16-28;/h1,3-4,7-8,10,12,16,18H,2,5-6,9,11,13-15H2,(H,24,33)(H,31,32);1H. The van der Waals surface area contributed by atoms with Gasteiger partial charge in [-0.2, -0.15) is 4.80 Å². The first-order valence-corrected chi connectivity index (χ1v) is 10.9. The molecular formula is C22H28ClN7O5. The van der Waals surface area contributed by atoms with E-state index in [2.05, 4.69) is 25.7 Å². The van der Waals surface area contributed by atoms with Gasteiger partial charge in [0.2, 0.25) is 0 Å². The third kappa shape index (κ3) is 9.92. The molecule has 0 radical (unpaired) electrons. The molecule has 1 aromatic carbocycles. The minimum absolute atomic E-state index is 0. The van der Waals surface area contributed by atoms with Gasteiger partial charge in [-0.15, -0.1) is 22.6 Å². The minimum Gasteiger partial charge on any atom is -0.481 e. The van der Waals surface area contributed by atoms with Crippen LogP contribution in [0.5, 0.6) is 0 Å². The normalized spacial score (nSPS) is 11.3. The van der Waals surface area contributed by atoms with Crippen molar-refractivity contribution in [3.05, 3.63) is 60.4 Å². The minimum atomic E-state index is -1.28. The van der Waals surface area contributed by atoms with Gasteiger partial charge in [0, 0.05) is 25.4 Å². The summed E-state index contributed by atoms with van der Waals surface area (Å²) in [5, 5.41) is 23.4. The number of aromatic nitrogens is 6. The molecule has 0 saturated carbocycles. The fourth-order valence-electron chi connectivity index (χ4n) is 3.19. The lowest BCUT2D eigenvalue weighted by Gasteiger charge is -2.15. The van der Waals surface area contributed by atoms with E-state index in [0.29, 0.717) is 12.2 Å². The van der Waals surface area contributed by atoms with Crippen molar-refractivity contribution in [1.82, 2.24) is 35.1 Å². The number of ketones is 1. The number of unbranched alkanes of at least 4 members (excludes halogenated alkanes) is 2. The lowest BCUT2D eigenvalue weighted by Crippen LogP contribution is -2.44. The second-order valence-corrected chi connectivity index (χ2v) is 7.67. The maximum Gasteiger partial charge on any atom is 0.408 e. The van der Waals surface area contributed by atoms with Crippen LogP contribution < -0.4 is 5.32 Å². The summed E-state index contributed by atoms with van der Waals surface area (Å²) in [4.78, 5) is 41.0. The van der Waals surface area contributed by atoms with E-state index in [1.807, 2.05) is 16.8 Å². The van der Waals surface area contributed by atoms with Gasteiger partial charge in [-0.25, -0.2) is 9.78 Å². The van der Waals surface area contributed by atoms with Crippen molar-refractivity contribution in [2.75, 3.05) is 0 Å². The molecule has 0 aliphatic heterocycles. The van der Waals surface area contributed by atoms with Gasteiger partial charge in [0.15, 0.2) is 11.6 Å². The van der Waals surface area contributed by atoms with Gasteiger partial charge in [0.25, 0.3) is 0 Å². The van der Waals surface area contributed by atoms with Gasteiger partial charge in [0.05, 0.1) is 12.7 Å². The Labute approximate surface area is 208 Å². The first kappa shape index (κ1) is 27.4. The number of alkyl carbamates (subject to hydrolysis) is 1. The summed E-state index contributed by atoms with van der Waals surface area (Å²) in [6, 6.07) is 7.71. The van der Waals surface area contributed by atoms with Crippen molar-refractivity contribution in [3.63, 3.8) is 0 Å². The van der Waals surface area contributed by atoms with Gasteiger partial charge in [-0.05, 0) is 23.6 Å². The van der Waals surface area contributed by atoms with Crippen LogP contribution in [0.4, 0.5) is 4.79 Å². The number of aryl methyl sites for hydroxylation is 2. The number of carbonyl (C=O) groups is 3. The molecule has 0 saturated heterocycles. The van der Waals surface area contributed by atoms with E-state index in [1.54, 1.807) is 36.8 Å². The summed E-state index contributed by atoms with van der Waals surface area (Å²) in [6.45, 7) is 0.571. The van der Waals surface area contributed by atoms with E-state index in [9.17, 15) is 14.4 Å². The van der Waals surface area contributed by atoms with Crippen LogP contribution in [0.25, 0.3) is 0 Å². The second-order valence-electron chi connectivity index (χ2n) is 7.67. The number of hydrogen-bond acceptors (Lipinski definition) is 8. The molecule has 1 unspecified atom stereocenters. The average Bonchev–Trinajstić information content (AvgIpc) is 3.50. The monoisotopic (exact) mass is 505 g/mol. The summed E-state index contributed by atoms with van der Waals surface area (Å²) < 4.78 is 7.09. The van der Waals surface area contributed by atoms with Gasteiger partial charge < -0.3 is 19.7 Å². The molecular weight excluding hydrogens is 478 g/mol. The highest BCUT2D eigenvalue weighted by atomic mass is 35.5. The maximum atomic E-state index is 12.6. The number of Topliss-reactive ketones (excluding diaryl/α,β-unsaturated/α-hetero) is 1. The van der Waals surface area contributed by atoms with Crippen molar-refractivity contribution in [3.8, 4) is 0 Å². The average molecular weight is 506 g/mol. The van der Waals surface area contributed by atoms with E-state index in [0.717, 1.165) is 36.2 Å². The van der Waals surface area contributed by atoms with Crippen LogP contribution in [-0.4, -0.2) is 58.8 Å². The summed E-state index contributed by atoms with van der Waals surface area (Å²) in [5.74, 6) is -1.30. The molecule has 0 aliphatic rings. The van der Waals surface area contributed by atoms with Crippen LogP contribution in [0.2, 0.25) is 0 Å². The van der Waals surface area contributed by atoms with Gasteiger partial charge in [-0.1, -0.05) is 36.8 Å². The number of tetrazole rings is 1. The smallest absolute Gasteiger partial charge is 0.408 e. The number of nitrogens with zero attached hydrogens (tertiary/aromatic N) is 6. The summed E-state index contributed by atoms with van der Waals surface area (Å²) in [5.41, 5.74) is 0.764. The molecule has 12 nitrogen and oxygen atoms in total. The molecule has 1 amide bonds. The number of imidazole rings is 1. The van der Waals surface area contributed by atoms with Crippen LogP contribution in [0, 0.1) is 0 Å². The van der Waals surface area contributed by atoms with Crippen molar-refractivity contribution in [2.45, 2.75) is 57.8 Å². The van der Waals surface area contributed by atoms with Crippen molar-refractivity contribution in [1.29, 1.82) is 0 Å². The molecule has 1 atom stereocenters. The zero-order valence-electron chi connectivity index (χ0n) is 19.0. The zero-order valence-corrected chi connectivity index (χ0v) is 19.8. The molecule has 2 aromatic heterocycles. The number of ether oxygens (including phenoxy) is 1. The lowest BCUT2D eigenvalue weighted by atomic mass is 10.1. The Bertz CT molecular complexity index is 1060. The molecule has 0 fully saturated rings. The molecule has 0 aliphatic carbocycles. The highest BCUT2D eigenvalue weighted by Gasteiger charge is 2.25. The number of halogens is 1. The SMILES string of the molecule is Cl.O=C(O)CC(NC(=O)OCc1ccccc1)C(=O)Cn1nnc(CCCCCn2ccnc2)n1. The van der Waals surface area contributed by atoms with E-state index in [-0.39, 0.29) is 25.6 Å². The number of aliphatic carboxylic acids is 1. The third-order valence-corrected chi connectivity index (χ3v) is 4.94. The van der Waals surface area contributed by atoms with Crippen LogP contribution in [0.3, 0.4) is 0 Å². The van der Waals surface area contributed by atoms with Crippen LogP contribution in [-0.2, 0) is 40.4 Å². The number of amides is 1. The number of carboxylic acids is 1. The predicted octanol–water partition coefficient (Wildman–Crippen LogP) is 2.04. The molecule has 35 heavy (non-hydrogen) atoms. The quantitative estimate of drug-likeness (QED) is 0.313. The van der Waals surface area contributed by atoms with Crippen molar-refractivity contribution in [2.24, 2.45) is 0 Å². The highest BCUT2D eigenvalue weighted by molar-refractivity contribution is 5.90. The van der Waals surface area contributed by atoms with E-state index >= 15 is 0 Å². The van der Waals surface area contributed by atoms with Gasteiger partial charge in [-0.3, -0.25) is 9.59 Å². The Kier molecular flexibility index (Phi) is 11.3. The predicted molar refractivity (Wildman–Crippen MR) is 126 cm³/mol. The highest BCUT2D eigenvalue weighted by Crippen LogP contribution is 2.05. The number of carboxylic acid groups (broad SMARTS) is 1. The molecule has 188 valence electrons. The lowest BCUT2D eigenvalue weighted by molar-refractivity contribution is -0.139. The van der Waals surface area contributed by atoms with Gasteiger partial charge in [0.1, 0.15) is 19.2 Å². The molecule has 2 N–H and O–H groups in total. The maximum absolute atomic E-state index is 12.6. The number of hydrogen-bond donors (Lipinski definition) is 2. The molecule has 0 bridgehead atoms. The number of rotatable bonds is 14. The third-order valence-electron chi connectivity index (χ3n) is 4.94. The largest absolute Gasteiger partial charge is 0.481 e. The van der Waals surface area contributed by atoms with Crippen LogP contribution >= 0.6 is 12.4 Å². The second kappa shape index (κ2) is 14.5. The first-order chi connectivity index (χ1) is 16.5.